The zero-order valence-electron chi connectivity index (χ0n) is 21.4. The van der Waals surface area contributed by atoms with Crippen LogP contribution in [0.3, 0.4) is 0 Å². The van der Waals surface area contributed by atoms with Gasteiger partial charge in [-0.15, -0.1) is 0 Å². The Bertz CT molecular complexity index is 1190. The van der Waals surface area contributed by atoms with Crippen LogP contribution in [0.25, 0.3) is 0 Å². The second-order valence-electron chi connectivity index (χ2n) is 10.2. The maximum atomic E-state index is 14.0. The molecule has 1 aromatic rings. The molecule has 208 valence electrons. The predicted octanol–water partition coefficient (Wildman–Crippen LogP) is -0.824. The standard InChI is InChI=1S/C24H35N7O6S/c1-38(36,37)31-12-10-29(11-13-31)19-14-24(27-15-19,20(32)16-6-8-30(9-7-16)23(25)26)22(35)28-18-4-2-17(3-5-18)21(33)34/h2-5,16,19,27H,6-15H2,1H3,(H3,25,26)(H,28,35)(H,33,34)/t19-,24-/m0/s1. The number of rotatable bonds is 7. The molecule has 13 nitrogen and oxygen atoms in total. The molecular formula is C24H35N7O6S. The molecule has 0 radical (unpaired) electrons. The molecule has 0 aromatic heterocycles. The normalized spacial score (nSPS) is 25.7. The number of carbonyl (C=O) groups excluding carboxylic acids is 2. The van der Waals surface area contributed by atoms with E-state index in [2.05, 4.69) is 15.5 Å². The third-order valence-corrected chi connectivity index (χ3v) is 9.15. The van der Waals surface area contributed by atoms with Crippen LogP contribution in [0, 0.1) is 11.3 Å². The highest BCUT2D eigenvalue weighted by Gasteiger charge is 2.54. The van der Waals surface area contributed by atoms with Crippen molar-refractivity contribution in [1.82, 2.24) is 19.4 Å². The fourth-order valence-electron chi connectivity index (χ4n) is 5.59. The maximum Gasteiger partial charge on any atom is 0.335 e. The van der Waals surface area contributed by atoms with Crippen LogP contribution in [-0.4, -0.2) is 115 Å². The van der Waals surface area contributed by atoms with Gasteiger partial charge in [0.2, 0.25) is 10.0 Å². The number of carbonyl (C=O) groups is 3. The van der Waals surface area contributed by atoms with Crippen LogP contribution in [0.1, 0.15) is 29.6 Å². The molecule has 1 aromatic carbocycles. The average molecular weight is 550 g/mol. The number of hydrogen-bond donors (Lipinski definition) is 5. The topological polar surface area (TPSA) is 189 Å². The summed E-state index contributed by atoms with van der Waals surface area (Å²) >= 11 is 0. The number of nitrogens with one attached hydrogen (secondary N) is 3. The van der Waals surface area contributed by atoms with Crippen molar-refractivity contribution < 1.29 is 27.9 Å². The molecule has 0 aliphatic carbocycles. The Morgan fingerprint density at radius 2 is 1.68 bits per heavy atom. The van der Waals surface area contributed by atoms with Crippen molar-refractivity contribution >= 4 is 39.3 Å². The molecule has 3 saturated heterocycles. The van der Waals surface area contributed by atoms with Crippen LogP contribution < -0.4 is 16.4 Å². The Labute approximate surface area is 221 Å². The summed E-state index contributed by atoms with van der Waals surface area (Å²) in [5.74, 6) is -2.23. The molecule has 4 rings (SSSR count). The van der Waals surface area contributed by atoms with Gasteiger partial charge in [-0.05, 0) is 43.5 Å². The number of benzene rings is 1. The van der Waals surface area contributed by atoms with Crippen LogP contribution in [0.4, 0.5) is 5.69 Å². The van der Waals surface area contributed by atoms with Crippen LogP contribution in [-0.2, 0) is 19.6 Å². The Balaban J connectivity index is 1.52. The lowest BCUT2D eigenvalue weighted by Crippen LogP contribution is -2.60. The smallest absolute Gasteiger partial charge is 0.335 e. The first-order valence-electron chi connectivity index (χ1n) is 12.6. The molecule has 1 amide bonds. The van der Waals surface area contributed by atoms with Gasteiger partial charge in [-0.25, -0.2) is 13.2 Å². The molecular weight excluding hydrogens is 514 g/mol. The minimum absolute atomic E-state index is 0.0412. The van der Waals surface area contributed by atoms with Crippen molar-refractivity contribution in [3.05, 3.63) is 29.8 Å². The first-order valence-corrected chi connectivity index (χ1v) is 14.5. The number of piperazine rings is 1. The van der Waals surface area contributed by atoms with Crippen molar-refractivity contribution in [3.63, 3.8) is 0 Å². The van der Waals surface area contributed by atoms with E-state index in [1.807, 2.05) is 0 Å². The number of nitrogens with zero attached hydrogens (tertiary/aromatic N) is 3. The lowest BCUT2D eigenvalue weighted by molar-refractivity contribution is -0.137. The molecule has 0 saturated carbocycles. The van der Waals surface area contributed by atoms with Crippen LogP contribution in [0.15, 0.2) is 24.3 Å². The van der Waals surface area contributed by atoms with E-state index < -0.39 is 27.4 Å². The van der Waals surface area contributed by atoms with Gasteiger partial charge in [0.05, 0.1) is 11.8 Å². The number of guanidine groups is 1. The highest BCUT2D eigenvalue weighted by atomic mass is 32.2. The summed E-state index contributed by atoms with van der Waals surface area (Å²) in [5.41, 5.74) is 4.57. The first-order chi connectivity index (χ1) is 17.9. The van der Waals surface area contributed by atoms with E-state index in [0.717, 1.165) is 0 Å². The van der Waals surface area contributed by atoms with E-state index in [1.165, 1.54) is 34.8 Å². The van der Waals surface area contributed by atoms with Crippen LogP contribution in [0.5, 0.6) is 0 Å². The molecule has 6 N–H and O–H groups in total. The molecule has 3 heterocycles. The van der Waals surface area contributed by atoms with Crippen molar-refractivity contribution in [3.8, 4) is 0 Å². The Kier molecular flexibility index (Phi) is 8.06. The van der Waals surface area contributed by atoms with E-state index in [9.17, 15) is 22.8 Å². The molecule has 0 spiro atoms. The second kappa shape index (κ2) is 11.0. The number of sulfonamides is 1. The first kappa shape index (κ1) is 28.0. The average Bonchev–Trinajstić information content (AvgIpc) is 3.35. The molecule has 3 aliphatic heterocycles. The van der Waals surface area contributed by atoms with Gasteiger partial charge in [0, 0.05) is 63.5 Å². The molecule has 2 atom stereocenters. The lowest BCUT2D eigenvalue weighted by Gasteiger charge is -2.38. The fourth-order valence-corrected chi connectivity index (χ4v) is 6.41. The summed E-state index contributed by atoms with van der Waals surface area (Å²) in [6.45, 7) is 3.00. The number of Topliss-reactive ketones (excluding diaryl/α,β-unsaturated/α-hetero) is 1. The summed E-state index contributed by atoms with van der Waals surface area (Å²) < 4.78 is 25.2. The molecule has 3 aliphatic rings. The summed E-state index contributed by atoms with van der Waals surface area (Å²) in [4.78, 5) is 42.7. The van der Waals surface area contributed by atoms with E-state index in [0.29, 0.717) is 64.3 Å². The minimum Gasteiger partial charge on any atom is -0.478 e. The SMILES string of the molecule is CS(=O)(=O)N1CCN([C@@H]2CN[C@](C(=O)Nc3ccc(C(=O)O)cc3)(C(=O)C3CCN(C(=N)N)CC3)C2)CC1. The third-order valence-electron chi connectivity index (χ3n) is 7.84. The van der Waals surface area contributed by atoms with Crippen molar-refractivity contribution in [2.75, 3.05) is 57.4 Å². The van der Waals surface area contributed by atoms with Crippen LogP contribution in [0.2, 0.25) is 0 Å². The number of carboxylic acid groups (broad SMARTS) is 1. The summed E-state index contributed by atoms with van der Waals surface area (Å²) in [7, 11) is -3.28. The van der Waals surface area contributed by atoms with E-state index in [4.69, 9.17) is 16.2 Å². The molecule has 3 fully saturated rings. The van der Waals surface area contributed by atoms with Crippen LogP contribution >= 0.6 is 0 Å². The number of hydrogen-bond acceptors (Lipinski definition) is 8. The number of ketones is 1. The summed E-state index contributed by atoms with van der Waals surface area (Å²) in [6.07, 6.45) is 2.37. The van der Waals surface area contributed by atoms with Crippen molar-refractivity contribution in [2.45, 2.75) is 30.8 Å². The summed E-state index contributed by atoms with van der Waals surface area (Å²) in [6, 6.07) is 5.60. The molecule has 38 heavy (non-hydrogen) atoms. The molecule has 14 heteroatoms. The van der Waals surface area contributed by atoms with Gasteiger partial charge in [-0.2, -0.15) is 4.31 Å². The van der Waals surface area contributed by atoms with Gasteiger partial charge >= 0.3 is 5.97 Å². The quantitative estimate of drug-likeness (QED) is 0.163. The number of amides is 1. The van der Waals surface area contributed by atoms with E-state index in [1.54, 1.807) is 4.90 Å². The zero-order chi connectivity index (χ0) is 27.7. The van der Waals surface area contributed by atoms with Gasteiger partial charge < -0.3 is 21.1 Å². The Morgan fingerprint density at radius 1 is 1.08 bits per heavy atom. The predicted molar refractivity (Wildman–Crippen MR) is 140 cm³/mol. The highest BCUT2D eigenvalue weighted by molar-refractivity contribution is 7.88. The van der Waals surface area contributed by atoms with Gasteiger partial charge in [0.25, 0.3) is 5.91 Å². The number of aromatic carboxylic acids is 1. The maximum absolute atomic E-state index is 14.0. The fraction of sp³-hybridized carbons (Fsp3) is 0.583. The second-order valence-corrected chi connectivity index (χ2v) is 12.2. The Hall–Kier alpha value is -3.07. The lowest BCUT2D eigenvalue weighted by atomic mass is 9.78. The van der Waals surface area contributed by atoms with Gasteiger partial charge in [-0.1, -0.05) is 0 Å². The van der Waals surface area contributed by atoms with Gasteiger partial charge in [0.1, 0.15) is 0 Å². The van der Waals surface area contributed by atoms with Gasteiger partial charge in [0.15, 0.2) is 17.3 Å². The Morgan fingerprint density at radius 3 is 2.21 bits per heavy atom. The van der Waals surface area contributed by atoms with Crippen molar-refractivity contribution in [2.24, 2.45) is 11.7 Å². The van der Waals surface area contributed by atoms with Gasteiger partial charge in [-0.3, -0.25) is 25.2 Å². The zero-order valence-corrected chi connectivity index (χ0v) is 22.2. The molecule has 0 unspecified atom stereocenters. The molecule has 0 bridgehead atoms. The van der Waals surface area contributed by atoms with E-state index in [-0.39, 0.29) is 35.7 Å². The summed E-state index contributed by atoms with van der Waals surface area (Å²) in [5, 5.41) is 22.8. The minimum atomic E-state index is -3.28. The third kappa shape index (κ3) is 5.82. The number of piperidine rings is 1. The number of anilines is 1. The van der Waals surface area contributed by atoms with E-state index >= 15 is 0 Å². The largest absolute Gasteiger partial charge is 0.478 e. The number of likely N-dealkylation sites (tertiary alicyclic amines) is 1. The highest BCUT2D eigenvalue weighted by Crippen LogP contribution is 2.33. The van der Waals surface area contributed by atoms with Crippen molar-refractivity contribution in [1.29, 1.82) is 5.41 Å². The number of carboxylic acids is 1. The number of nitrogens with two attached hydrogens (primary N) is 1. The monoisotopic (exact) mass is 549 g/mol.